The molecular formula is C12H23ClN4. The van der Waals surface area contributed by atoms with Crippen LogP contribution in [-0.4, -0.2) is 73.6 Å². The van der Waals surface area contributed by atoms with Gasteiger partial charge in [-0.25, -0.2) is 0 Å². The Balaban J connectivity index is 1.66. The smallest absolute Gasteiger partial charge is 0.0631 e. The molecule has 3 fully saturated rings. The van der Waals surface area contributed by atoms with Crippen LogP contribution in [0.2, 0.25) is 0 Å². The third-order valence-corrected chi connectivity index (χ3v) is 5.06. The van der Waals surface area contributed by atoms with E-state index in [1.165, 1.54) is 26.2 Å². The van der Waals surface area contributed by atoms with Crippen molar-refractivity contribution in [3.63, 3.8) is 0 Å². The first-order valence-corrected chi connectivity index (χ1v) is 7.11. The number of hydrogen-bond donors (Lipinski definition) is 2. The molecule has 4 nitrogen and oxygen atoms in total. The topological polar surface area (TPSA) is 44.5 Å². The largest absolute Gasteiger partial charge is 0.325 e. The van der Waals surface area contributed by atoms with Crippen molar-refractivity contribution >= 4 is 11.6 Å². The van der Waals surface area contributed by atoms with Crippen molar-refractivity contribution in [2.24, 2.45) is 17.6 Å². The van der Waals surface area contributed by atoms with Gasteiger partial charge in [0.1, 0.15) is 0 Å². The highest BCUT2D eigenvalue weighted by atomic mass is 35.5. The second kappa shape index (κ2) is 4.67. The summed E-state index contributed by atoms with van der Waals surface area (Å²) in [5, 5.41) is 3.47. The molecular weight excluding hydrogens is 236 g/mol. The molecule has 0 saturated carbocycles. The molecule has 0 aromatic carbocycles. The maximum Gasteiger partial charge on any atom is 0.0631 e. The molecule has 0 amide bonds. The van der Waals surface area contributed by atoms with Crippen molar-refractivity contribution in [2.45, 2.75) is 17.5 Å². The molecule has 5 unspecified atom stereocenters. The van der Waals surface area contributed by atoms with Gasteiger partial charge in [-0.05, 0) is 18.9 Å². The van der Waals surface area contributed by atoms with E-state index in [-0.39, 0.29) is 11.4 Å². The SMILES string of the molecule is CN1CC2CN(C3C(N)CNCC3Cl)CC2C1. The number of fused-ring (bicyclic) bond motifs is 1. The zero-order chi connectivity index (χ0) is 12.0. The van der Waals surface area contributed by atoms with Crippen molar-refractivity contribution in [1.82, 2.24) is 15.1 Å². The molecule has 0 bridgehead atoms. The highest BCUT2D eigenvalue weighted by Gasteiger charge is 2.44. The molecule has 0 aromatic rings. The Kier molecular flexibility index (Phi) is 3.34. The minimum atomic E-state index is 0.162. The lowest BCUT2D eigenvalue weighted by Gasteiger charge is -2.40. The lowest BCUT2D eigenvalue weighted by Crippen LogP contribution is -2.62. The third-order valence-electron chi connectivity index (χ3n) is 4.65. The summed E-state index contributed by atoms with van der Waals surface area (Å²) in [4.78, 5) is 5.01. The van der Waals surface area contributed by atoms with Crippen LogP contribution in [-0.2, 0) is 0 Å². The number of alkyl halides is 1. The third kappa shape index (κ3) is 2.22. The van der Waals surface area contributed by atoms with Crippen LogP contribution in [0.5, 0.6) is 0 Å². The zero-order valence-electron chi connectivity index (χ0n) is 10.5. The van der Waals surface area contributed by atoms with Crippen LogP contribution < -0.4 is 11.1 Å². The van der Waals surface area contributed by atoms with Gasteiger partial charge in [0.25, 0.3) is 0 Å². The van der Waals surface area contributed by atoms with Gasteiger partial charge in [-0.2, -0.15) is 0 Å². The first-order chi connectivity index (χ1) is 8.15. The van der Waals surface area contributed by atoms with E-state index in [2.05, 4.69) is 22.2 Å². The van der Waals surface area contributed by atoms with E-state index in [0.29, 0.717) is 6.04 Å². The molecule has 3 saturated heterocycles. The Morgan fingerprint density at radius 3 is 2.35 bits per heavy atom. The van der Waals surface area contributed by atoms with Crippen LogP contribution in [0.25, 0.3) is 0 Å². The summed E-state index contributed by atoms with van der Waals surface area (Å²) < 4.78 is 0. The fourth-order valence-electron chi connectivity index (χ4n) is 3.90. The van der Waals surface area contributed by atoms with Crippen molar-refractivity contribution in [3.05, 3.63) is 0 Å². The highest BCUT2D eigenvalue weighted by Crippen LogP contribution is 2.33. The molecule has 0 aliphatic carbocycles. The Morgan fingerprint density at radius 1 is 1.12 bits per heavy atom. The molecule has 5 heteroatoms. The second-order valence-corrected chi connectivity index (χ2v) is 6.58. The number of rotatable bonds is 1. The van der Waals surface area contributed by atoms with Crippen molar-refractivity contribution in [2.75, 3.05) is 46.3 Å². The molecule has 0 radical (unpaired) electrons. The summed E-state index contributed by atoms with van der Waals surface area (Å²) in [5.74, 6) is 1.68. The fourth-order valence-corrected chi connectivity index (χ4v) is 4.36. The van der Waals surface area contributed by atoms with Gasteiger partial charge in [0.2, 0.25) is 0 Å². The lowest BCUT2D eigenvalue weighted by atomic mass is 9.99. The van der Waals surface area contributed by atoms with E-state index in [0.717, 1.165) is 24.9 Å². The lowest BCUT2D eigenvalue weighted by molar-refractivity contribution is 0.161. The second-order valence-electron chi connectivity index (χ2n) is 6.02. The predicted octanol–water partition coefficient (Wildman–Crippen LogP) is -0.614. The van der Waals surface area contributed by atoms with E-state index in [4.69, 9.17) is 17.3 Å². The number of nitrogens with two attached hydrogens (primary N) is 1. The number of halogens is 1. The molecule has 0 spiro atoms. The Hall–Kier alpha value is 0.130. The molecule has 5 atom stereocenters. The van der Waals surface area contributed by atoms with Gasteiger partial charge in [0.15, 0.2) is 0 Å². The fraction of sp³-hybridized carbons (Fsp3) is 1.00. The van der Waals surface area contributed by atoms with Crippen LogP contribution in [0.1, 0.15) is 0 Å². The van der Waals surface area contributed by atoms with Gasteiger partial charge < -0.3 is 16.0 Å². The highest BCUT2D eigenvalue weighted by molar-refractivity contribution is 6.21. The van der Waals surface area contributed by atoms with Gasteiger partial charge >= 0.3 is 0 Å². The first kappa shape index (κ1) is 12.2. The average Bonchev–Trinajstić information content (AvgIpc) is 2.74. The molecule has 3 heterocycles. The first-order valence-electron chi connectivity index (χ1n) is 6.68. The van der Waals surface area contributed by atoms with Gasteiger partial charge in [-0.15, -0.1) is 11.6 Å². The standard InChI is InChI=1S/C12H23ClN4/c1-16-4-8-6-17(7-9(8)5-16)12-10(13)2-15-3-11(12)14/h8-12,15H,2-7,14H2,1H3. The van der Waals surface area contributed by atoms with E-state index < -0.39 is 0 Å². The monoisotopic (exact) mass is 258 g/mol. The molecule has 0 aromatic heterocycles. The molecule has 3 rings (SSSR count). The van der Waals surface area contributed by atoms with E-state index in [1.54, 1.807) is 0 Å². The number of likely N-dealkylation sites (tertiary alicyclic amines) is 2. The van der Waals surface area contributed by atoms with Crippen LogP contribution in [0.3, 0.4) is 0 Å². The zero-order valence-corrected chi connectivity index (χ0v) is 11.2. The number of piperidine rings is 1. The quantitative estimate of drug-likeness (QED) is 0.616. The van der Waals surface area contributed by atoms with Gasteiger partial charge in [0, 0.05) is 51.4 Å². The van der Waals surface area contributed by atoms with Crippen molar-refractivity contribution < 1.29 is 0 Å². The van der Waals surface area contributed by atoms with Crippen LogP contribution in [0.4, 0.5) is 0 Å². The maximum atomic E-state index is 6.45. The predicted molar refractivity (Wildman–Crippen MR) is 70.3 cm³/mol. The van der Waals surface area contributed by atoms with Crippen LogP contribution in [0.15, 0.2) is 0 Å². The van der Waals surface area contributed by atoms with E-state index in [1.807, 2.05) is 0 Å². The van der Waals surface area contributed by atoms with Crippen molar-refractivity contribution in [1.29, 1.82) is 0 Å². The Morgan fingerprint density at radius 2 is 1.76 bits per heavy atom. The van der Waals surface area contributed by atoms with E-state index >= 15 is 0 Å². The number of hydrogen-bond acceptors (Lipinski definition) is 4. The summed E-state index contributed by atoms with van der Waals surface area (Å²) in [6.07, 6.45) is 0. The maximum absolute atomic E-state index is 6.45. The van der Waals surface area contributed by atoms with Crippen molar-refractivity contribution in [3.8, 4) is 0 Å². The summed E-state index contributed by atoms with van der Waals surface area (Å²) in [5.41, 5.74) is 6.23. The normalized spacial score (nSPS) is 48.5. The van der Waals surface area contributed by atoms with Gasteiger partial charge in [-0.3, -0.25) is 4.90 Å². The summed E-state index contributed by atoms with van der Waals surface area (Å²) in [6.45, 7) is 6.67. The molecule has 98 valence electrons. The van der Waals surface area contributed by atoms with E-state index in [9.17, 15) is 0 Å². The van der Waals surface area contributed by atoms with Crippen LogP contribution >= 0.6 is 11.6 Å². The Bertz CT molecular complexity index is 264. The number of nitrogens with one attached hydrogen (secondary N) is 1. The van der Waals surface area contributed by atoms with Gasteiger partial charge in [0.05, 0.1) is 5.38 Å². The summed E-state index contributed by atoms with van der Waals surface area (Å²) >= 11 is 6.45. The number of nitrogens with zero attached hydrogens (tertiary/aromatic N) is 2. The summed E-state index contributed by atoms with van der Waals surface area (Å²) in [6, 6.07) is 0.552. The minimum Gasteiger partial charge on any atom is -0.325 e. The van der Waals surface area contributed by atoms with Crippen LogP contribution in [0, 0.1) is 11.8 Å². The summed E-state index contributed by atoms with van der Waals surface area (Å²) in [7, 11) is 2.23. The average molecular weight is 259 g/mol. The Labute approximate surface area is 108 Å². The molecule has 3 N–H and O–H groups in total. The molecule has 3 aliphatic heterocycles. The van der Waals surface area contributed by atoms with Gasteiger partial charge in [-0.1, -0.05) is 0 Å². The minimum absolute atomic E-state index is 0.162. The molecule has 3 aliphatic rings. The molecule has 17 heavy (non-hydrogen) atoms.